The van der Waals surface area contributed by atoms with E-state index >= 15 is 0 Å². The predicted molar refractivity (Wildman–Crippen MR) is 69.1 cm³/mol. The molecule has 1 aliphatic heterocycles. The van der Waals surface area contributed by atoms with Gasteiger partial charge in [-0.2, -0.15) is 0 Å². The minimum atomic E-state index is -0.0776. The van der Waals surface area contributed by atoms with Crippen molar-refractivity contribution in [3.63, 3.8) is 0 Å². The van der Waals surface area contributed by atoms with Gasteiger partial charge in [-0.3, -0.25) is 5.41 Å². The predicted octanol–water partition coefficient (Wildman–Crippen LogP) is 1.34. The van der Waals surface area contributed by atoms with E-state index in [1.165, 1.54) is 6.42 Å². The van der Waals surface area contributed by atoms with Gasteiger partial charge in [0.2, 0.25) is 0 Å². The number of nitrogens with zero attached hydrogens (tertiary/aromatic N) is 2. The lowest BCUT2D eigenvalue weighted by Crippen LogP contribution is -2.47. The maximum atomic E-state index is 12.1. The van der Waals surface area contributed by atoms with Crippen LogP contribution in [-0.2, 0) is 0 Å². The number of urea groups is 1. The van der Waals surface area contributed by atoms with Crippen molar-refractivity contribution in [1.29, 1.82) is 5.41 Å². The van der Waals surface area contributed by atoms with Crippen LogP contribution in [0.3, 0.4) is 0 Å². The fraction of sp³-hybridized carbons (Fsp3) is 0.833. The molecule has 1 fully saturated rings. The van der Waals surface area contributed by atoms with E-state index in [0.717, 1.165) is 19.5 Å². The van der Waals surface area contributed by atoms with Gasteiger partial charge in [0, 0.05) is 32.6 Å². The minimum Gasteiger partial charge on any atom is -0.387 e. The van der Waals surface area contributed by atoms with Gasteiger partial charge in [0.05, 0.1) is 5.84 Å². The standard InChI is InChI=1S/C12H24N4O/c1-9-5-4-6-16(7-9)12(17)15(3)8-10(2)11(13)14/h9-10H,4-8H2,1-3H3,(H3,13,14). The minimum absolute atomic E-state index is 0.0599. The molecule has 3 N–H and O–H groups in total. The Morgan fingerprint density at radius 1 is 1.65 bits per heavy atom. The highest BCUT2D eigenvalue weighted by Gasteiger charge is 2.24. The molecule has 17 heavy (non-hydrogen) atoms. The van der Waals surface area contributed by atoms with Crippen molar-refractivity contribution in [3.8, 4) is 0 Å². The van der Waals surface area contributed by atoms with E-state index in [2.05, 4.69) is 6.92 Å². The van der Waals surface area contributed by atoms with Gasteiger partial charge in [-0.1, -0.05) is 13.8 Å². The van der Waals surface area contributed by atoms with Crippen molar-refractivity contribution in [2.24, 2.45) is 17.6 Å². The van der Waals surface area contributed by atoms with E-state index in [1.807, 2.05) is 11.8 Å². The molecule has 1 rings (SSSR count). The van der Waals surface area contributed by atoms with Crippen molar-refractivity contribution in [2.75, 3.05) is 26.7 Å². The summed E-state index contributed by atoms with van der Waals surface area (Å²) in [5.74, 6) is 0.647. The number of carbonyl (C=O) groups excluding carboxylic acids is 1. The fourth-order valence-corrected chi connectivity index (χ4v) is 2.19. The lowest BCUT2D eigenvalue weighted by atomic mass is 10.0. The molecule has 2 atom stereocenters. The largest absolute Gasteiger partial charge is 0.387 e. The molecule has 0 spiro atoms. The molecule has 0 aromatic carbocycles. The Hall–Kier alpha value is -1.26. The molecule has 5 nitrogen and oxygen atoms in total. The van der Waals surface area contributed by atoms with Crippen molar-refractivity contribution < 1.29 is 4.79 Å². The molecule has 5 heteroatoms. The van der Waals surface area contributed by atoms with Gasteiger partial charge in [0.25, 0.3) is 0 Å². The first-order valence-electron chi connectivity index (χ1n) is 6.25. The number of rotatable bonds is 3. The van der Waals surface area contributed by atoms with Crippen LogP contribution in [0.15, 0.2) is 0 Å². The van der Waals surface area contributed by atoms with E-state index in [4.69, 9.17) is 11.1 Å². The lowest BCUT2D eigenvalue weighted by Gasteiger charge is -2.34. The molecule has 2 unspecified atom stereocenters. The molecule has 1 heterocycles. The first-order valence-corrected chi connectivity index (χ1v) is 6.25. The van der Waals surface area contributed by atoms with Crippen molar-refractivity contribution in [1.82, 2.24) is 9.80 Å². The van der Waals surface area contributed by atoms with Crippen molar-refractivity contribution in [3.05, 3.63) is 0 Å². The highest BCUT2D eigenvalue weighted by Crippen LogP contribution is 2.16. The van der Waals surface area contributed by atoms with Crippen LogP contribution in [0.4, 0.5) is 4.79 Å². The Morgan fingerprint density at radius 3 is 2.82 bits per heavy atom. The van der Waals surface area contributed by atoms with Gasteiger partial charge in [-0.05, 0) is 18.8 Å². The van der Waals surface area contributed by atoms with E-state index in [1.54, 1.807) is 11.9 Å². The van der Waals surface area contributed by atoms with E-state index in [-0.39, 0.29) is 17.8 Å². The SMILES string of the molecule is CC1CCCN(C(=O)N(C)CC(C)C(=N)N)C1. The summed E-state index contributed by atoms with van der Waals surface area (Å²) in [6.07, 6.45) is 2.29. The molecular weight excluding hydrogens is 216 g/mol. The van der Waals surface area contributed by atoms with Crippen LogP contribution in [0.5, 0.6) is 0 Å². The van der Waals surface area contributed by atoms with Crippen LogP contribution < -0.4 is 5.73 Å². The summed E-state index contributed by atoms with van der Waals surface area (Å²) in [6, 6.07) is 0.0599. The van der Waals surface area contributed by atoms with Crippen LogP contribution in [0.25, 0.3) is 0 Å². The summed E-state index contributed by atoms with van der Waals surface area (Å²) in [4.78, 5) is 15.7. The van der Waals surface area contributed by atoms with Crippen LogP contribution in [0, 0.1) is 17.2 Å². The molecule has 0 aliphatic carbocycles. The Morgan fingerprint density at radius 2 is 2.29 bits per heavy atom. The number of amidine groups is 1. The zero-order valence-electron chi connectivity index (χ0n) is 11.1. The van der Waals surface area contributed by atoms with E-state index in [0.29, 0.717) is 12.5 Å². The monoisotopic (exact) mass is 240 g/mol. The Labute approximate surface area is 103 Å². The molecule has 0 aromatic heterocycles. The van der Waals surface area contributed by atoms with Crippen LogP contribution >= 0.6 is 0 Å². The second kappa shape index (κ2) is 5.89. The molecule has 0 radical (unpaired) electrons. The smallest absolute Gasteiger partial charge is 0.319 e. The summed E-state index contributed by atoms with van der Waals surface area (Å²) in [6.45, 7) is 6.25. The number of amides is 2. The summed E-state index contributed by atoms with van der Waals surface area (Å²) in [5, 5.41) is 7.34. The van der Waals surface area contributed by atoms with E-state index in [9.17, 15) is 4.79 Å². The molecule has 2 amide bonds. The van der Waals surface area contributed by atoms with Crippen LogP contribution in [-0.4, -0.2) is 48.3 Å². The molecular formula is C12H24N4O. The summed E-state index contributed by atoms with van der Waals surface area (Å²) < 4.78 is 0. The van der Waals surface area contributed by atoms with Crippen molar-refractivity contribution in [2.45, 2.75) is 26.7 Å². The van der Waals surface area contributed by atoms with Crippen LogP contribution in [0.1, 0.15) is 26.7 Å². The normalized spacial score (nSPS) is 22.1. The number of nitrogens with two attached hydrogens (primary N) is 1. The lowest BCUT2D eigenvalue weighted by molar-refractivity contribution is 0.137. The zero-order valence-corrected chi connectivity index (χ0v) is 11.1. The van der Waals surface area contributed by atoms with Gasteiger partial charge in [-0.15, -0.1) is 0 Å². The van der Waals surface area contributed by atoms with Gasteiger partial charge in [0.1, 0.15) is 0 Å². The van der Waals surface area contributed by atoms with Gasteiger partial charge < -0.3 is 15.5 Å². The molecule has 1 saturated heterocycles. The highest BCUT2D eigenvalue weighted by atomic mass is 16.2. The zero-order chi connectivity index (χ0) is 13.0. The maximum Gasteiger partial charge on any atom is 0.319 e. The number of hydrogen-bond donors (Lipinski definition) is 2. The van der Waals surface area contributed by atoms with Gasteiger partial charge >= 0.3 is 6.03 Å². The average Bonchev–Trinajstić information content (AvgIpc) is 2.27. The maximum absolute atomic E-state index is 12.1. The molecule has 0 aromatic rings. The number of carbonyl (C=O) groups is 1. The van der Waals surface area contributed by atoms with Crippen LogP contribution in [0.2, 0.25) is 0 Å². The molecule has 1 aliphatic rings. The summed E-state index contributed by atoms with van der Waals surface area (Å²) in [5.41, 5.74) is 5.42. The number of hydrogen-bond acceptors (Lipinski definition) is 2. The quantitative estimate of drug-likeness (QED) is 0.577. The summed E-state index contributed by atoms with van der Waals surface area (Å²) in [7, 11) is 1.78. The Kier molecular flexibility index (Phi) is 4.78. The third-order valence-electron chi connectivity index (χ3n) is 3.33. The van der Waals surface area contributed by atoms with E-state index < -0.39 is 0 Å². The average molecular weight is 240 g/mol. The fourth-order valence-electron chi connectivity index (χ4n) is 2.19. The van der Waals surface area contributed by atoms with Gasteiger partial charge in [0.15, 0.2) is 0 Å². The Balaban J connectivity index is 2.48. The molecule has 0 saturated carbocycles. The summed E-state index contributed by atoms with van der Waals surface area (Å²) >= 11 is 0. The van der Waals surface area contributed by atoms with Crippen molar-refractivity contribution >= 4 is 11.9 Å². The molecule has 0 bridgehead atoms. The Bertz CT molecular complexity index is 292. The highest BCUT2D eigenvalue weighted by molar-refractivity contribution is 5.80. The second-order valence-electron chi connectivity index (χ2n) is 5.21. The molecule has 98 valence electrons. The van der Waals surface area contributed by atoms with Gasteiger partial charge in [-0.25, -0.2) is 4.79 Å². The third kappa shape index (κ3) is 3.91. The topological polar surface area (TPSA) is 73.4 Å². The number of likely N-dealkylation sites (tertiary alicyclic amines) is 1. The number of piperidine rings is 1. The number of nitrogens with one attached hydrogen (secondary N) is 1. The first kappa shape index (κ1) is 13.8. The first-order chi connectivity index (χ1) is 7.91. The second-order valence-corrected chi connectivity index (χ2v) is 5.21. The third-order valence-corrected chi connectivity index (χ3v) is 3.33.